The van der Waals surface area contributed by atoms with E-state index in [4.69, 9.17) is 9.84 Å². The molecule has 8 heteroatoms. The Bertz CT molecular complexity index is 2010. The van der Waals surface area contributed by atoms with Crippen LogP contribution >= 0.6 is 0 Å². The van der Waals surface area contributed by atoms with Crippen molar-refractivity contribution in [2.24, 2.45) is 0 Å². The molecule has 0 saturated heterocycles. The first-order valence-corrected chi connectivity index (χ1v) is 15.0. The summed E-state index contributed by atoms with van der Waals surface area (Å²) in [5, 5.41) is 21.3. The molecule has 226 valence electrons. The van der Waals surface area contributed by atoms with Gasteiger partial charge in [0.25, 0.3) is 5.91 Å². The zero-order valence-corrected chi connectivity index (χ0v) is 25.6. The number of aryl methyl sites for hydroxylation is 1. The van der Waals surface area contributed by atoms with E-state index in [-0.39, 0.29) is 18.1 Å². The molecular formula is C36H37N3O5. The summed E-state index contributed by atoms with van der Waals surface area (Å²) in [5.41, 5.74) is 8.76. The highest BCUT2D eigenvalue weighted by Crippen LogP contribution is 2.48. The van der Waals surface area contributed by atoms with Crippen LogP contribution in [0.2, 0.25) is 0 Å². The van der Waals surface area contributed by atoms with E-state index in [9.17, 15) is 14.7 Å². The smallest absolute Gasteiger partial charge is 0.307 e. The van der Waals surface area contributed by atoms with Gasteiger partial charge in [-0.05, 0) is 55.2 Å². The van der Waals surface area contributed by atoms with Crippen LogP contribution in [0, 0.1) is 0 Å². The molecule has 0 fully saturated rings. The van der Waals surface area contributed by atoms with Crippen molar-refractivity contribution >= 4 is 56.7 Å². The topological polar surface area (TPSA) is 96.9 Å². The molecule has 3 aromatic carbocycles. The number of fused-ring (bicyclic) bond motifs is 6. The first-order valence-electron chi connectivity index (χ1n) is 15.0. The number of rotatable bonds is 6. The number of hydrogen-bond acceptors (Lipinski definition) is 4. The number of nitrogens with zero attached hydrogens (tertiary/aromatic N) is 3. The molecule has 44 heavy (non-hydrogen) atoms. The van der Waals surface area contributed by atoms with E-state index in [1.807, 2.05) is 18.0 Å². The Morgan fingerprint density at radius 1 is 1.16 bits per heavy atom. The fourth-order valence-corrected chi connectivity index (χ4v) is 7.09. The summed E-state index contributed by atoms with van der Waals surface area (Å²) in [6, 6.07) is 13.5. The van der Waals surface area contributed by atoms with E-state index in [1.54, 1.807) is 6.07 Å². The average molecular weight is 592 g/mol. The van der Waals surface area contributed by atoms with Crippen molar-refractivity contribution < 1.29 is 24.5 Å². The molecule has 0 bridgehead atoms. The van der Waals surface area contributed by atoms with Crippen molar-refractivity contribution in [2.45, 2.75) is 52.2 Å². The van der Waals surface area contributed by atoms with Gasteiger partial charge in [-0.3, -0.25) is 9.59 Å². The van der Waals surface area contributed by atoms with Crippen LogP contribution in [0.4, 0.5) is 0 Å². The maximum atomic E-state index is 13.5. The maximum Gasteiger partial charge on any atom is 0.307 e. The number of carboxylic acid groups (broad SMARTS) is 1. The molecular weight excluding hydrogens is 554 g/mol. The SMILES string of the molecule is C=Cc1c(/C=C\C)c2c3c(c4c5ccccc5n5c4c2n1CCC5CC)C(=O)N(C)C3.COc1cc(CC(=O)O)ccc1O. The third-order valence-electron chi connectivity index (χ3n) is 8.94. The Morgan fingerprint density at radius 2 is 1.93 bits per heavy atom. The predicted molar refractivity (Wildman–Crippen MR) is 175 cm³/mol. The summed E-state index contributed by atoms with van der Waals surface area (Å²) in [6.45, 7) is 10.1. The summed E-state index contributed by atoms with van der Waals surface area (Å²) >= 11 is 0. The highest BCUT2D eigenvalue weighted by molar-refractivity contribution is 6.28. The van der Waals surface area contributed by atoms with Crippen LogP contribution in [0.3, 0.4) is 0 Å². The number of methoxy groups -OCH3 is 1. The number of aromatic nitrogens is 2. The lowest BCUT2D eigenvalue weighted by atomic mass is 9.96. The lowest BCUT2D eigenvalue weighted by Gasteiger charge is -2.18. The van der Waals surface area contributed by atoms with Crippen molar-refractivity contribution in [3.63, 3.8) is 0 Å². The summed E-state index contributed by atoms with van der Waals surface area (Å²) in [6.07, 6.45) is 8.34. The largest absolute Gasteiger partial charge is 0.504 e. The molecule has 2 N–H and O–H groups in total. The second-order valence-corrected chi connectivity index (χ2v) is 11.4. The quantitative estimate of drug-likeness (QED) is 0.215. The highest BCUT2D eigenvalue weighted by atomic mass is 16.5. The number of ether oxygens (including phenoxy) is 1. The molecule has 1 unspecified atom stereocenters. The third-order valence-corrected chi connectivity index (χ3v) is 8.94. The Morgan fingerprint density at radius 3 is 2.61 bits per heavy atom. The van der Waals surface area contributed by atoms with Crippen molar-refractivity contribution in [3.05, 3.63) is 83.1 Å². The Kier molecular flexibility index (Phi) is 7.45. The third kappa shape index (κ3) is 4.35. The first kappa shape index (κ1) is 29.1. The van der Waals surface area contributed by atoms with Crippen LogP contribution in [0.5, 0.6) is 11.5 Å². The Labute approximate surface area is 256 Å². The predicted octanol–water partition coefficient (Wildman–Crippen LogP) is 7.39. The number of aliphatic carboxylic acids is 1. The van der Waals surface area contributed by atoms with Crippen molar-refractivity contribution in [2.75, 3.05) is 14.2 Å². The number of phenols is 1. The van der Waals surface area contributed by atoms with E-state index in [2.05, 4.69) is 66.0 Å². The number of carboxylic acids is 1. The standard InChI is InChI=1S/C27H27N3O.C9H10O4/c1-5-10-17-20(7-3)29-14-13-16(6-2)30-21-12-9-8-11-18(21)23-24-19(15-28(4)27(24)31)22(17)25(29)26(23)30;1-13-8-4-6(5-9(11)12)2-3-7(8)10/h5,7-12,16H,3,6,13-15H2,1-2,4H3;2-4,10H,5H2,1H3,(H,11,12)/b10-5-;. The number of phenolic OH excluding ortho intramolecular Hbond substituents is 1. The number of para-hydroxylation sites is 1. The molecule has 8 nitrogen and oxygen atoms in total. The number of carbonyl (C=O) groups excluding carboxylic acids is 1. The van der Waals surface area contributed by atoms with Gasteiger partial charge in [0.15, 0.2) is 11.5 Å². The summed E-state index contributed by atoms with van der Waals surface area (Å²) in [7, 11) is 3.33. The van der Waals surface area contributed by atoms with Gasteiger partial charge in [-0.2, -0.15) is 0 Å². The Hall–Kier alpha value is -4.98. The fourth-order valence-electron chi connectivity index (χ4n) is 7.09. The van der Waals surface area contributed by atoms with E-state index < -0.39 is 5.97 Å². The van der Waals surface area contributed by atoms with Gasteiger partial charge in [0.2, 0.25) is 0 Å². The molecule has 1 amide bonds. The minimum Gasteiger partial charge on any atom is -0.504 e. The van der Waals surface area contributed by atoms with Gasteiger partial charge < -0.3 is 29.0 Å². The maximum absolute atomic E-state index is 13.5. The fraction of sp³-hybridized carbons (Fsp3) is 0.278. The van der Waals surface area contributed by atoms with Gasteiger partial charge in [-0.25, -0.2) is 0 Å². The van der Waals surface area contributed by atoms with Gasteiger partial charge >= 0.3 is 5.97 Å². The minimum absolute atomic E-state index is 0.0108. The van der Waals surface area contributed by atoms with Crippen LogP contribution in [0.15, 0.2) is 55.1 Å². The number of allylic oxidation sites excluding steroid dienone is 1. The van der Waals surface area contributed by atoms with Gasteiger partial charge in [0.05, 0.1) is 30.1 Å². The second-order valence-electron chi connectivity index (χ2n) is 11.4. The van der Waals surface area contributed by atoms with E-state index in [0.717, 1.165) is 30.3 Å². The second kappa shape index (κ2) is 11.3. The molecule has 2 aromatic heterocycles. The van der Waals surface area contributed by atoms with E-state index in [1.165, 1.54) is 63.4 Å². The molecule has 4 heterocycles. The molecule has 5 aromatic rings. The van der Waals surface area contributed by atoms with Crippen molar-refractivity contribution in [1.29, 1.82) is 0 Å². The van der Waals surface area contributed by atoms with Crippen LogP contribution < -0.4 is 4.74 Å². The summed E-state index contributed by atoms with van der Waals surface area (Å²) in [5.74, 6) is -0.473. The van der Waals surface area contributed by atoms with Crippen LogP contribution in [0.1, 0.15) is 65.5 Å². The zero-order valence-electron chi connectivity index (χ0n) is 25.6. The Balaban J connectivity index is 0.000000223. The molecule has 1 atom stereocenters. The number of benzene rings is 3. The number of amides is 1. The zero-order chi connectivity index (χ0) is 31.3. The molecule has 7 rings (SSSR count). The molecule has 0 radical (unpaired) electrons. The lowest BCUT2D eigenvalue weighted by Crippen LogP contribution is -2.17. The van der Waals surface area contributed by atoms with Crippen LogP contribution in [-0.4, -0.2) is 50.3 Å². The summed E-state index contributed by atoms with van der Waals surface area (Å²) < 4.78 is 9.83. The van der Waals surface area contributed by atoms with Gasteiger partial charge in [0.1, 0.15) is 0 Å². The molecule has 0 saturated carbocycles. The molecule has 2 aliphatic rings. The first-order chi connectivity index (χ1) is 21.2. The van der Waals surface area contributed by atoms with Gasteiger partial charge in [-0.1, -0.05) is 49.9 Å². The van der Waals surface area contributed by atoms with Crippen LogP contribution in [0.25, 0.3) is 44.9 Å². The summed E-state index contributed by atoms with van der Waals surface area (Å²) in [4.78, 5) is 25.7. The minimum atomic E-state index is -0.909. The normalized spacial score (nSPS) is 15.7. The van der Waals surface area contributed by atoms with Gasteiger partial charge in [0, 0.05) is 59.1 Å². The van der Waals surface area contributed by atoms with Crippen molar-refractivity contribution in [1.82, 2.24) is 14.0 Å². The number of aromatic hydroxyl groups is 1. The van der Waals surface area contributed by atoms with E-state index >= 15 is 0 Å². The lowest BCUT2D eigenvalue weighted by molar-refractivity contribution is -0.136. The molecule has 2 aliphatic heterocycles. The molecule has 0 aliphatic carbocycles. The molecule has 0 spiro atoms. The van der Waals surface area contributed by atoms with Crippen molar-refractivity contribution in [3.8, 4) is 11.5 Å². The monoisotopic (exact) mass is 591 g/mol. The van der Waals surface area contributed by atoms with Gasteiger partial charge in [-0.15, -0.1) is 0 Å². The number of hydrogen-bond donors (Lipinski definition) is 2. The van der Waals surface area contributed by atoms with Crippen LogP contribution in [-0.2, 0) is 24.3 Å². The average Bonchev–Trinajstić information content (AvgIpc) is 3.57. The van der Waals surface area contributed by atoms with E-state index in [0.29, 0.717) is 23.9 Å². The highest BCUT2D eigenvalue weighted by Gasteiger charge is 2.36. The number of carbonyl (C=O) groups is 2.